The molecule has 0 aliphatic heterocycles. The van der Waals surface area contributed by atoms with Crippen molar-refractivity contribution in [2.75, 3.05) is 5.32 Å². The van der Waals surface area contributed by atoms with Gasteiger partial charge in [0.05, 0.1) is 10.9 Å². The molecule has 0 saturated heterocycles. The van der Waals surface area contributed by atoms with Gasteiger partial charge in [-0.15, -0.1) is 11.3 Å². The zero-order valence-corrected chi connectivity index (χ0v) is 12.6. The van der Waals surface area contributed by atoms with Crippen LogP contribution in [0.1, 0.15) is 22.2 Å². The number of rotatable bonds is 4. The highest BCUT2D eigenvalue weighted by Crippen LogP contribution is 2.19. The van der Waals surface area contributed by atoms with Crippen LogP contribution in [0.3, 0.4) is 0 Å². The molecule has 0 aliphatic rings. The summed E-state index contributed by atoms with van der Waals surface area (Å²) < 4.78 is 1.03. The van der Waals surface area contributed by atoms with Crippen LogP contribution in [0.2, 0.25) is 0 Å². The molecular weight excluding hydrogens is 310 g/mol. The molecule has 18 heavy (non-hydrogen) atoms. The maximum absolute atomic E-state index is 12.2. The van der Waals surface area contributed by atoms with Gasteiger partial charge in [-0.25, -0.2) is 0 Å². The van der Waals surface area contributed by atoms with Crippen LogP contribution in [0.4, 0.5) is 5.69 Å². The number of hydrogen-bond acceptors (Lipinski definition) is 3. The first kappa shape index (κ1) is 13.3. The van der Waals surface area contributed by atoms with Crippen molar-refractivity contribution < 1.29 is 4.79 Å². The van der Waals surface area contributed by atoms with E-state index in [4.69, 9.17) is 0 Å². The average molecular weight is 324 g/mol. The fourth-order valence-corrected chi connectivity index (χ4v) is 2.83. The molecule has 1 aromatic heterocycles. The quantitative estimate of drug-likeness (QED) is 0.839. The number of hydrogen-bond donors (Lipinski definition) is 1. The Morgan fingerprint density at radius 3 is 2.56 bits per heavy atom. The summed E-state index contributed by atoms with van der Waals surface area (Å²) in [6, 6.07) is 9.53. The Bertz CT molecular complexity index is 547. The van der Waals surface area contributed by atoms with Gasteiger partial charge in [0.2, 0.25) is 0 Å². The number of carbonyl (C=O) groups excluding carboxylic acids is 1. The van der Waals surface area contributed by atoms with Crippen LogP contribution < -0.4 is 5.32 Å². The molecule has 2 aromatic rings. The standard InChI is InChI=1S/C14H14BrNOS/c1-9-7-13(18-8-9)14(17)10(2)16-12-5-3-11(15)4-6-12/h3-8,10,16H,1-2H3. The molecule has 0 fully saturated rings. The van der Waals surface area contributed by atoms with Crippen molar-refractivity contribution in [3.8, 4) is 0 Å². The van der Waals surface area contributed by atoms with E-state index in [1.54, 1.807) is 0 Å². The topological polar surface area (TPSA) is 29.1 Å². The third-order valence-electron chi connectivity index (χ3n) is 2.59. The predicted octanol–water partition coefficient (Wildman–Crippen LogP) is 4.50. The maximum Gasteiger partial charge on any atom is 0.194 e. The number of thiophene rings is 1. The number of ketones is 1. The first-order valence-electron chi connectivity index (χ1n) is 5.68. The van der Waals surface area contributed by atoms with E-state index in [2.05, 4.69) is 21.2 Å². The van der Waals surface area contributed by atoms with Crippen molar-refractivity contribution in [2.45, 2.75) is 19.9 Å². The normalized spacial score (nSPS) is 12.2. The first-order chi connectivity index (χ1) is 8.56. The largest absolute Gasteiger partial charge is 0.375 e. The van der Waals surface area contributed by atoms with Crippen molar-refractivity contribution in [2.24, 2.45) is 0 Å². The molecule has 1 unspecified atom stereocenters. The average Bonchev–Trinajstić information content (AvgIpc) is 2.78. The lowest BCUT2D eigenvalue weighted by Crippen LogP contribution is -2.25. The molecule has 4 heteroatoms. The Balaban J connectivity index is 2.05. The Morgan fingerprint density at radius 2 is 2.00 bits per heavy atom. The number of anilines is 1. The Labute approximate surface area is 119 Å². The molecule has 1 heterocycles. The number of Topliss-reactive ketones (excluding diaryl/α,β-unsaturated/α-hetero) is 1. The van der Waals surface area contributed by atoms with Crippen molar-refractivity contribution in [3.05, 3.63) is 50.6 Å². The fourth-order valence-electron chi connectivity index (χ4n) is 1.64. The Kier molecular flexibility index (Phi) is 4.19. The number of halogens is 1. The van der Waals surface area contributed by atoms with Crippen LogP contribution in [0, 0.1) is 6.92 Å². The van der Waals surface area contributed by atoms with Gasteiger partial charge in [-0.05, 0) is 55.1 Å². The molecule has 0 bridgehead atoms. The van der Waals surface area contributed by atoms with Crippen LogP contribution >= 0.6 is 27.3 Å². The minimum Gasteiger partial charge on any atom is -0.375 e. The molecule has 1 N–H and O–H groups in total. The lowest BCUT2D eigenvalue weighted by atomic mass is 10.1. The van der Waals surface area contributed by atoms with E-state index >= 15 is 0 Å². The van der Waals surface area contributed by atoms with E-state index in [1.165, 1.54) is 11.3 Å². The number of carbonyl (C=O) groups is 1. The third-order valence-corrected chi connectivity index (χ3v) is 4.19. The van der Waals surface area contributed by atoms with Crippen molar-refractivity contribution >= 4 is 38.7 Å². The summed E-state index contributed by atoms with van der Waals surface area (Å²) in [6.45, 7) is 3.89. The van der Waals surface area contributed by atoms with Gasteiger partial charge >= 0.3 is 0 Å². The maximum atomic E-state index is 12.2. The van der Waals surface area contributed by atoms with Crippen LogP contribution in [-0.2, 0) is 0 Å². The highest BCUT2D eigenvalue weighted by molar-refractivity contribution is 9.10. The summed E-state index contributed by atoms with van der Waals surface area (Å²) in [5.41, 5.74) is 2.09. The van der Waals surface area contributed by atoms with Gasteiger partial charge < -0.3 is 5.32 Å². The molecule has 2 rings (SSSR count). The summed E-state index contributed by atoms with van der Waals surface area (Å²) >= 11 is 4.89. The van der Waals surface area contributed by atoms with Gasteiger partial charge in [0.15, 0.2) is 5.78 Å². The highest BCUT2D eigenvalue weighted by atomic mass is 79.9. The molecule has 0 aliphatic carbocycles. The summed E-state index contributed by atoms with van der Waals surface area (Å²) in [7, 11) is 0. The van der Waals surface area contributed by atoms with Crippen LogP contribution in [-0.4, -0.2) is 11.8 Å². The van der Waals surface area contributed by atoms with E-state index in [9.17, 15) is 4.79 Å². The Morgan fingerprint density at radius 1 is 1.33 bits per heavy atom. The summed E-state index contributed by atoms with van der Waals surface area (Å²) in [5, 5.41) is 5.21. The second-order valence-corrected chi connectivity index (χ2v) is 6.05. The van der Waals surface area contributed by atoms with Gasteiger partial charge in [0, 0.05) is 10.2 Å². The lowest BCUT2D eigenvalue weighted by Gasteiger charge is -2.13. The predicted molar refractivity (Wildman–Crippen MR) is 80.6 cm³/mol. The zero-order valence-electron chi connectivity index (χ0n) is 10.2. The van der Waals surface area contributed by atoms with E-state index in [-0.39, 0.29) is 11.8 Å². The molecule has 2 nitrogen and oxygen atoms in total. The summed E-state index contributed by atoms with van der Waals surface area (Å²) in [6.07, 6.45) is 0. The Hall–Kier alpha value is -1.13. The van der Waals surface area contributed by atoms with Gasteiger partial charge in [0.25, 0.3) is 0 Å². The van der Waals surface area contributed by atoms with Crippen molar-refractivity contribution in [3.63, 3.8) is 0 Å². The van der Waals surface area contributed by atoms with Gasteiger partial charge in [-0.2, -0.15) is 0 Å². The van der Waals surface area contributed by atoms with Crippen molar-refractivity contribution in [1.82, 2.24) is 0 Å². The van der Waals surface area contributed by atoms with Crippen LogP contribution in [0.15, 0.2) is 40.2 Å². The second kappa shape index (κ2) is 5.67. The van der Waals surface area contributed by atoms with Gasteiger partial charge in [0.1, 0.15) is 0 Å². The summed E-state index contributed by atoms with van der Waals surface area (Å²) in [5.74, 6) is 0.135. The molecule has 1 aromatic carbocycles. The molecule has 0 amide bonds. The molecule has 1 atom stereocenters. The minimum atomic E-state index is -0.218. The SMILES string of the molecule is Cc1csc(C(=O)C(C)Nc2ccc(Br)cc2)c1. The molecule has 0 radical (unpaired) electrons. The lowest BCUT2D eigenvalue weighted by molar-refractivity contribution is 0.0979. The van der Waals surface area contributed by atoms with Gasteiger partial charge in [-0.1, -0.05) is 15.9 Å². The molecule has 94 valence electrons. The van der Waals surface area contributed by atoms with E-state index < -0.39 is 0 Å². The molecule has 0 spiro atoms. The molecule has 0 saturated carbocycles. The van der Waals surface area contributed by atoms with E-state index in [0.717, 1.165) is 20.6 Å². The van der Waals surface area contributed by atoms with Crippen LogP contribution in [0.25, 0.3) is 0 Å². The zero-order chi connectivity index (χ0) is 13.1. The first-order valence-corrected chi connectivity index (χ1v) is 7.35. The van der Waals surface area contributed by atoms with Crippen molar-refractivity contribution in [1.29, 1.82) is 0 Å². The fraction of sp³-hybridized carbons (Fsp3) is 0.214. The number of nitrogens with one attached hydrogen (secondary N) is 1. The van der Waals surface area contributed by atoms with E-state index in [0.29, 0.717) is 0 Å². The van der Waals surface area contributed by atoms with Gasteiger partial charge in [-0.3, -0.25) is 4.79 Å². The number of benzene rings is 1. The minimum absolute atomic E-state index is 0.135. The second-order valence-electron chi connectivity index (χ2n) is 4.23. The monoisotopic (exact) mass is 323 g/mol. The smallest absolute Gasteiger partial charge is 0.194 e. The third kappa shape index (κ3) is 3.21. The number of aryl methyl sites for hydroxylation is 1. The molecular formula is C14H14BrNOS. The van der Waals surface area contributed by atoms with Crippen LogP contribution in [0.5, 0.6) is 0 Å². The van der Waals surface area contributed by atoms with E-state index in [1.807, 2.05) is 49.6 Å². The summed E-state index contributed by atoms with van der Waals surface area (Å²) in [4.78, 5) is 13.0. The highest BCUT2D eigenvalue weighted by Gasteiger charge is 2.16.